The summed E-state index contributed by atoms with van der Waals surface area (Å²) in [6.07, 6.45) is -3.25. The van der Waals surface area contributed by atoms with Crippen molar-refractivity contribution < 1.29 is 97.4 Å². The first-order valence-electron chi connectivity index (χ1n) is 19.3. The molecule has 23 heteroatoms. The van der Waals surface area contributed by atoms with Gasteiger partial charge in [-0.3, -0.25) is 0 Å². The average Bonchev–Trinajstić information content (AvgIpc) is 3.36. The van der Waals surface area contributed by atoms with Crippen molar-refractivity contribution in [2.75, 3.05) is 0 Å². The van der Waals surface area contributed by atoms with E-state index in [1.807, 2.05) is 24.5 Å². The van der Waals surface area contributed by atoms with E-state index in [1.54, 1.807) is 4.73 Å². The van der Waals surface area contributed by atoms with E-state index in [1.165, 1.54) is 21.5 Å². The van der Waals surface area contributed by atoms with Crippen LogP contribution in [-0.2, 0) is 0 Å². The summed E-state index contributed by atoms with van der Waals surface area (Å²) < 4.78 is 296. The number of pyridine rings is 1. The van der Waals surface area contributed by atoms with Crippen LogP contribution in [0.15, 0.2) is 97.3 Å². The molecule has 2 nitrogen and oxygen atoms in total. The van der Waals surface area contributed by atoms with Crippen molar-refractivity contribution in [1.29, 1.82) is 0 Å². The Morgan fingerprint density at radius 3 is 0.943 bits per heavy atom. The topological polar surface area (TPSA) is 13.1 Å². The zero-order valence-electron chi connectivity index (χ0n) is 33.7. The molecule has 0 saturated heterocycles. The van der Waals surface area contributed by atoms with Gasteiger partial charge in [0.05, 0.1) is 5.39 Å². The van der Waals surface area contributed by atoms with Gasteiger partial charge in [0.15, 0.2) is 69.8 Å². The fraction of sp³-hybridized carbons (Fsp3) is 0. The highest BCUT2D eigenvalue weighted by molar-refractivity contribution is 7.20. The molecule has 0 radical (unpaired) electrons. The molecular weight excluding hydrogens is 985 g/mol. The van der Waals surface area contributed by atoms with Crippen LogP contribution in [0.25, 0.3) is 32.3 Å². The van der Waals surface area contributed by atoms with E-state index in [-0.39, 0.29) is 0 Å². The van der Waals surface area contributed by atoms with Gasteiger partial charge < -0.3 is 0 Å². The molecule has 0 aliphatic rings. The summed E-state index contributed by atoms with van der Waals surface area (Å²) in [5, 5.41) is 7.09. The van der Waals surface area contributed by atoms with Crippen molar-refractivity contribution in [3.05, 3.63) is 214 Å². The van der Waals surface area contributed by atoms with Gasteiger partial charge >= 0.3 is 0 Å². The molecule has 0 spiro atoms. The van der Waals surface area contributed by atoms with Crippen LogP contribution in [0.5, 0.6) is 5.75 Å². The maximum atomic E-state index is 15.4. The summed E-state index contributed by atoms with van der Waals surface area (Å²) in [7, 11) is 0. The smallest absolute Gasteiger partial charge is 0.230 e. The molecule has 0 aliphatic carbocycles. The molecule has 9 aromatic rings. The third-order valence-corrected chi connectivity index (χ3v) is 11.3. The van der Waals surface area contributed by atoms with Crippen molar-refractivity contribution >= 4 is 60.3 Å². The Morgan fingerprint density at radius 1 is 0.286 bits per heavy atom. The third-order valence-electron chi connectivity index (χ3n) is 11.3. The molecule has 0 N–H and O–H groups in total. The van der Waals surface area contributed by atoms with Gasteiger partial charge in [-0.2, -0.15) is 0 Å². The zero-order chi connectivity index (χ0) is 51.0. The van der Waals surface area contributed by atoms with E-state index in [9.17, 15) is 52.7 Å². The molecule has 0 aliphatic heterocycles. The van der Waals surface area contributed by atoms with Crippen molar-refractivity contribution in [2.45, 2.75) is 0 Å². The number of fused-ring (bicyclic) bond motifs is 4. The van der Waals surface area contributed by atoms with E-state index < -0.39 is 144 Å². The fourth-order valence-electron chi connectivity index (χ4n) is 8.25. The molecule has 70 heavy (non-hydrogen) atoms. The summed E-state index contributed by atoms with van der Waals surface area (Å²) in [5.74, 6) is -70.5. The maximum Gasteiger partial charge on any atom is 0.230 e. The Morgan fingerprint density at radius 2 is 0.571 bits per heavy atom. The van der Waals surface area contributed by atoms with Crippen LogP contribution in [0.4, 0.5) is 87.8 Å². The Balaban J connectivity index is 0.000000219. The van der Waals surface area contributed by atoms with Gasteiger partial charge in [0, 0.05) is 16.2 Å². The largest absolute Gasteiger partial charge is 0.231 e. The maximum absolute atomic E-state index is 15.4. The van der Waals surface area contributed by atoms with Crippen molar-refractivity contribution in [2.24, 2.45) is 0 Å². The van der Waals surface area contributed by atoms with Crippen molar-refractivity contribution in [3.8, 4) is 5.75 Å². The quantitative estimate of drug-likeness (QED) is 0.0404. The SMILES string of the molecule is Fc1c(F)c(F)c([B-](c2c(F)c(F)c(F)c(F)c2F)(c2c(F)c(F)c(F)c(F)c2F)c2c(F)c(F)c(F)c(F)c2F)c(F)c1F.c1ccc2c[n+](Oc3cc4ccccc4c4ccccc34)ccc2c1. The number of benzene rings is 8. The summed E-state index contributed by atoms with van der Waals surface area (Å²) in [6.45, 7) is 0. The van der Waals surface area contributed by atoms with Crippen LogP contribution in [0.2, 0.25) is 0 Å². The number of aromatic nitrogens is 1. The summed E-state index contributed by atoms with van der Waals surface area (Å²) in [6, 6.07) is 29.3. The number of rotatable bonds is 6. The molecule has 0 atom stereocenters. The lowest BCUT2D eigenvalue weighted by Gasteiger charge is -2.44. The molecule has 0 saturated carbocycles. The minimum absolute atomic E-state index is 0.856. The summed E-state index contributed by atoms with van der Waals surface area (Å²) >= 11 is 0. The highest BCUT2D eigenvalue weighted by atomic mass is 19.2. The van der Waals surface area contributed by atoms with Crippen LogP contribution < -0.4 is 31.4 Å². The molecular formula is C47H16BF20NO. The first kappa shape index (κ1) is 48.6. The number of nitrogens with zero attached hydrogens (tertiary/aromatic N) is 1. The van der Waals surface area contributed by atoms with E-state index in [2.05, 4.69) is 72.8 Å². The second-order valence-electron chi connectivity index (χ2n) is 15.0. The standard InChI is InChI=1S/C24BF20.C23H16NO/c26-5-1(6(27)14(35)21(42)13(5)34)25(2-7(28)15(36)22(43)16(37)8(2)29,3-9(30)17(38)23(44)18(39)10(3)31)4-11(32)19(40)24(45)20(41)12(4)33;1-2-9-19-16-24(14-13-17(19)7-1)25-23-15-18-8-3-4-10-20(18)21-11-5-6-12-22(21)23/h;1-16H/q-1;+1. The van der Waals surface area contributed by atoms with Gasteiger partial charge in [0.1, 0.15) is 52.7 Å². The van der Waals surface area contributed by atoms with Crippen LogP contribution in [0, 0.1) is 116 Å². The highest BCUT2D eigenvalue weighted by Gasteiger charge is 2.52. The summed E-state index contributed by atoms with van der Waals surface area (Å²) in [5.41, 5.74) is -14.3. The normalized spacial score (nSPS) is 11.7. The molecule has 0 bridgehead atoms. The monoisotopic (exact) mass is 1000 g/mol. The third kappa shape index (κ3) is 7.27. The number of hydrogen-bond acceptors (Lipinski definition) is 1. The van der Waals surface area contributed by atoms with Crippen LogP contribution >= 0.6 is 0 Å². The molecule has 358 valence electrons. The minimum atomic E-state index is -7.22. The Bertz CT molecular complexity index is 3280. The Hall–Kier alpha value is -7.85. The highest BCUT2D eigenvalue weighted by Crippen LogP contribution is 2.34. The number of halogens is 20. The second-order valence-corrected chi connectivity index (χ2v) is 15.0. The molecule has 0 unspecified atom stereocenters. The van der Waals surface area contributed by atoms with Crippen LogP contribution in [-0.4, -0.2) is 6.15 Å². The van der Waals surface area contributed by atoms with E-state index in [4.69, 9.17) is 4.84 Å². The van der Waals surface area contributed by atoms with Gasteiger partial charge in [-0.05, 0) is 33.7 Å². The lowest BCUT2D eigenvalue weighted by atomic mass is 9.12. The van der Waals surface area contributed by atoms with Gasteiger partial charge in [-0.25, -0.2) is 92.6 Å². The first-order valence-corrected chi connectivity index (χ1v) is 19.3. The molecule has 1 aromatic heterocycles. The zero-order valence-corrected chi connectivity index (χ0v) is 33.7. The lowest BCUT2D eigenvalue weighted by molar-refractivity contribution is -0.873. The Kier molecular flexibility index (Phi) is 12.4. The molecule has 8 aromatic carbocycles. The lowest BCUT2D eigenvalue weighted by Crippen LogP contribution is -2.81. The molecule has 1 heterocycles. The van der Waals surface area contributed by atoms with E-state index in [0.29, 0.717) is 0 Å². The predicted molar refractivity (Wildman–Crippen MR) is 211 cm³/mol. The van der Waals surface area contributed by atoms with Crippen molar-refractivity contribution in [1.82, 2.24) is 0 Å². The Labute approximate surface area is 376 Å². The minimum Gasteiger partial charge on any atom is -0.231 e. The fourth-order valence-corrected chi connectivity index (χ4v) is 8.25. The summed E-state index contributed by atoms with van der Waals surface area (Å²) in [4.78, 5) is 6.22. The first-order chi connectivity index (χ1) is 33.1. The van der Waals surface area contributed by atoms with Gasteiger partial charge in [0.2, 0.25) is 18.1 Å². The number of hydrogen-bond donors (Lipinski definition) is 0. The molecule has 0 amide bonds. The van der Waals surface area contributed by atoms with Crippen LogP contribution in [0.1, 0.15) is 0 Å². The van der Waals surface area contributed by atoms with Gasteiger partial charge in [-0.15, -0.1) is 21.9 Å². The van der Waals surface area contributed by atoms with Gasteiger partial charge in [-0.1, -0.05) is 66.7 Å². The molecule has 0 fully saturated rings. The van der Waals surface area contributed by atoms with Gasteiger partial charge in [0.25, 0.3) is 0 Å². The van der Waals surface area contributed by atoms with E-state index in [0.717, 1.165) is 16.5 Å². The van der Waals surface area contributed by atoms with E-state index >= 15 is 35.1 Å². The second kappa shape index (κ2) is 17.9. The van der Waals surface area contributed by atoms with Crippen LogP contribution in [0.3, 0.4) is 0 Å². The molecule has 9 rings (SSSR count). The predicted octanol–water partition coefficient (Wildman–Crippen LogP) is 11.1. The average molecular weight is 1000 g/mol. The van der Waals surface area contributed by atoms with Crippen molar-refractivity contribution in [3.63, 3.8) is 0 Å².